The summed E-state index contributed by atoms with van der Waals surface area (Å²) in [5.74, 6) is 0.178. The van der Waals surface area contributed by atoms with Crippen LogP contribution >= 0.6 is 11.6 Å². The molecule has 1 amide bonds. The molecule has 7 heteroatoms. The fraction of sp³-hybridized carbons (Fsp3) is 0.435. The molecular formula is C23H27ClN2O3S. The Labute approximate surface area is 183 Å². The van der Waals surface area contributed by atoms with Gasteiger partial charge < -0.3 is 5.32 Å². The number of carbonyl (C=O) groups is 1. The van der Waals surface area contributed by atoms with Gasteiger partial charge in [-0.3, -0.25) is 4.79 Å². The molecule has 2 aromatic rings. The van der Waals surface area contributed by atoms with Crippen molar-refractivity contribution in [3.05, 3.63) is 64.2 Å². The molecule has 1 aliphatic heterocycles. The highest BCUT2D eigenvalue weighted by atomic mass is 35.5. The van der Waals surface area contributed by atoms with E-state index < -0.39 is 10.0 Å². The fourth-order valence-electron chi connectivity index (χ4n) is 4.44. The summed E-state index contributed by atoms with van der Waals surface area (Å²) >= 11 is 6.28. The second-order valence-corrected chi connectivity index (χ2v) is 10.7. The Hall–Kier alpha value is -1.89. The van der Waals surface area contributed by atoms with E-state index in [1.165, 1.54) is 28.4 Å². The van der Waals surface area contributed by atoms with Gasteiger partial charge in [0, 0.05) is 24.7 Å². The van der Waals surface area contributed by atoms with Crippen molar-refractivity contribution in [3.63, 3.8) is 0 Å². The molecule has 0 aromatic heterocycles. The second kappa shape index (κ2) is 8.69. The maximum atomic E-state index is 13.3. The van der Waals surface area contributed by atoms with Crippen LogP contribution in [0.5, 0.6) is 0 Å². The van der Waals surface area contributed by atoms with E-state index in [-0.39, 0.29) is 21.9 Å². The molecule has 5 nitrogen and oxygen atoms in total. The summed E-state index contributed by atoms with van der Waals surface area (Å²) in [6.07, 6.45) is 5.01. The van der Waals surface area contributed by atoms with E-state index in [4.69, 9.17) is 11.6 Å². The minimum atomic E-state index is -3.81. The fourth-order valence-corrected chi connectivity index (χ4v) is 6.36. The van der Waals surface area contributed by atoms with Crippen LogP contribution in [-0.4, -0.2) is 31.2 Å². The first-order valence-electron chi connectivity index (χ1n) is 10.5. The van der Waals surface area contributed by atoms with E-state index in [0.29, 0.717) is 31.0 Å². The van der Waals surface area contributed by atoms with Crippen LogP contribution in [0.1, 0.15) is 54.1 Å². The molecule has 4 rings (SSSR count). The SMILES string of the molecule is C[C@H]1CCCC[C@H]1NC(=O)c1ccc(Cl)c(S(=O)(=O)N2CCc3ccccc3C2)c1. The Morgan fingerprint density at radius 2 is 1.83 bits per heavy atom. The van der Waals surface area contributed by atoms with E-state index in [0.717, 1.165) is 24.8 Å². The largest absolute Gasteiger partial charge is 0.349 e. The molecule has 0 spiro atoms. The van der Waals surface area contributed by atoms with Crippen molar-refractivity contribution >= 4 is 27.5 Å². The number of fused-ring (bicyclic) bond motifs is 1. The minimum absolute atomic E-state index is 0.00658. The first kappa shape index (κ1) is 21.3. The monoisotopic (exact) mass is 446 g/mol. The number of nitrogens with zero attached hydrogens (tertiary/aromatic N) is 1. The van der Waals surface area contributed by atoms with E-state index >= 15 is 0 Å². The summed E-state index contributed by atoms with van der Waals surface area (Å²) in [6, 6.07) is 12.5. The Kier molecular flexibility index (Phi) is 6.19. The van der Waals surface area contributed by atoms with E-state index in [1.54, 1.807) is 6.07 Å². The predicted octanol–water partition coefficient (Wildman–Crippen LogP) is 4.40. The van der Waals surface area contributed by atoms with Crippen LogP contribution in [0.15, 0.2) is 47.4 Å². The average Bonchev–Trinajstić information content (AvgIpc) is 2.75. The van der Waals surface area contributed by atoms with Crippen molar-refractivity contribution in [2.45, 2.75) is 56.5 Å². The van der Waals surface area contributed by atoms with Crippen LogP contribution in [0.4, 0.5) is 0 Å². The molecule has 2 aromatic carbocycles. The van der Waals surface area contributed by atoms with Gasteiger partial charge in [0.25, 0.3) is 5.91 Å². The van der Waals surface area contributed by atoms with Gasteiger partial charge in [-0.05, 0) is 54.5 Å². The molecule has 0 radical (unpaired) electrons. The Bertz CT molecular complexity index is 1050. The number of rotatable bonds is 4. The van der Waals surface area contributed by atoms with Gasteiger partial charge in [-0.2, -0.15) is 4.31 Å². The topological polar surface area (TPSA) is 66.5 Å². The summed E-state index contributed by atoms with van der Waals surface area (Å²) < 4.78 is 28.1. The first-order chi connectivity index (χ1) is 14.4. The smallest absolute Gasteiger partial charge is 0.251 e. The molecule has 0 bridgehead atoms. The molecule has 30 heavy (non-hydrogen) atoms. The molecule has 1 fully saturated rings. The number of benzene rings is 2. The number of carbonyl (C=O) groups excluding carboxylic acids is 1. The van der Waals surface area contributed by atoms with E-state index in [9.17, 15) is 13.2 Å². The third kappa shape index (κ3) is 4.27. The highest BCUT2D eigenvalue weighted by molar-refractivity contribution is 7.89. The van der Waals surface area contributed by atoms with Crippen LogP contribution in [0.3, 0.4) is 0 Å². The molecule has 1 saturated carbocycles. The summed E-state index contributed by atoms with van der Waals surface area (Å²) in [4.78, 5) is 12.8. The lowest BCUT2D eigenvalue weighted by Crippen LogP contribution is -2.41. The summed E-state index contributed by atoms with van der Waals surface area (Å²) in [6.45, 7) is 2.85. The average molecular weight is 447 g/mol. The number of nitrogens with one attached hydrogen (secondary N) is 1. The molecule has 160 valence electrons. The van der Waals surface area contributed by atoms with Crippen molar-refractivity contribution in [3.8, 4) is 0 Å². The lowest BCUT2D eigenvalue weighted by molar-refractivity contribution is 0.0910. The highest BCUT2D eigenvalue weighted by Crippen LogP contribution is 2.30. The van der Waals surface area contributed by atoms with Gasteiger partial charge >= 0.3 is 0 Å². The van der Waals surface area contributed by atoms with Crippen molar-refractivity contribution < 1.29 is 13.2 Å². The number of hydrogen-bond acceptors (Lipinski definition) is 3. The summed E-state index contributed by atoms with van der Waals surface area (Å²) in [5, 5.41) is 3.22. The Balaban J connectivity index is 1.57. The van der Waals surface area contributed by atoms with Crippen LogP contribution in [0.25, 0.3) is 0 Å². The van der Waals surface area contributed by atoms with Crippen LogP contribution < -0.4 is 5.32 Å². The Morgan fingerprint density at radius 1 is 1.10 bits per heavy atom. The van der Waals surface area contributed by atoms with Gasteiger partial charge in [0.1, 0.15) is 4.90 Å². The third-order valence-corrected chi connectivity index (χ3v) is 8.66. The summed E-state index contributed by atoms with van der Waals surface area (Å²) in [7, 11) is -3.81. The number of amides is 1. The highest BCUT2D eigenvalue weighted by Gasteiger charge is 2.31. The molecule has 1 aliphatic carbocycles. The molecule has 2 aliphatic rings. The van der Waals surface area contributed by atoms with E-state index in [1.807, 2.05) is 24.3 Å². The number of hydrogen-bond donors (Lipinski definition) is 1. The maximum absolute atomic E-state index is 13.3. The lowest BCUT2D eigenvalue weighted by atomic mass is 9.86. The van der Waals surface area contributed by atoms with Gasteiger partial charge in [-0.1, -0.05) is 55.6 Å². The normalized spacial score (nSPS) is 22.3. The quantitative estimate of drug-likeness (QED) is 0.757. The van der Waals surface area contributed by atoms with Crippen molar-refractivity contribution in [1.82, 2.24) is 9.62 Å². The zero-order valence-corrected chi connectivity index (χ0v) is 18.7. The van der Waals surface area contributed by atoms with Crippen molar-refractivity contribution in [2.75, 3.05) is 6.54 Å². The van der Waals surface area contributed by atoms with Gasteiger partial charge in [0.05, 0.1) is 5.02 Å². The molecule has 1 N–H and O–H groups in total. The van der Waals surface area contributed by atoms with Crippen LogP contribution in [0.2, 0.25) is 5.02 Å². The second-order valence-electron chi connectivity index (χ2n) is 8.34. The van der Waals surface area contributed by atoms with Crippen LogP contribution in [0, 0.1) is 5.92 Å². The third-order valence-electron chi connectivity index (χ3n) is 6.33. The van der Waals surface area contributed by atoms with E-state index in [2.05, 4.69) is 12.2 Å². The van der Waals surface area contributed by atoms with Gasteiger partial charge in [-0.25, -0.2) is 8.42 Å². The Morgan fingerprint density at radius 3 is 2.60 bits per heavy atom. The van der Waals surface area contributed by atoms with Crippen LogP contribution in [-0.2, 0) is 23.0 Å². The van der Waals surface area contributed by atoms with Gasteiger partial charge in [0.2, 0.25) is 10.0 Å². The zero-order valence-electron chi connectivity index (χ0n) is 17.1. The molecule has 0 saturated heterocycles. The molecule has 1 heterocycles. The number of halogens is 1. The molecular weight excluding hydrogens is 420 g/mol. The predicted molar refractivity (Wildman–Crippen MR) is 118 cm³/mol. The first-order valence-corrected chi connectivity index (χ1v) is 12.4. The van der Waals surface area contributed by atoms with Gasteiger partial charge in [0.15, 0.2) is 0 Å². The lowest BCUT2D eigenvalue weighted by Gasteiger charge is -2.30. The molecule has 2 atom stereocenters. The van der Waals surface area contributed by atoms with Crippen molar-refractivity contribution in [2.24, 2.45) is 5.92 Å². The zero-order chi connectivity index (χ0) is 21.3. The summed E-state index contributed by atoms with van der Waals surface area (Å²) in [5.41, 5.74) is 2.50. The number of sulfonamides is 1. The van der Waals surface area contributed by atoms with Crippen molar-refractivity contribution in [1.29, 1.82) is 0 Å². The molecule has 0 unspecified atom stereocenters. The standard InChI is InChI=1S/C23H27ClN2O3S/c1-16-6-2-5-9-21(16)25-23(27)18-10-11-20(24)22(14-18)30(28,29)26-13-12-17-7-3-4-8-19(17)15-26/h3-4,7-8,10-11,14,16,21H,2,5-6,9,12-13,15H2,1H3,(H,25,27)/t16-,21+/m0/s1. The van der Waals surface area contributed by atoms with Gasteiger partial charge in [-0.15, -0.1) is 0 Å². The maximum Gasteiger partial charge on any atom is 0.251 e. The minimum Gasteiger partial charge on any atom is -0.349 e.